The van der Waals surface area contributed by atoms with Gasteiger partial charge in [-0.3, -0.25) is 4.79 Å². The minimum atomic E-state index is 0.00460. The van der Waals surface area contributed by atoms with Crippen molar-refractivity contribution >= 4 is 17.7 Å². The summed E-state index contributed by atoms with van der Waals surface area (Å²) < 4.78 is 0. The van der Waals surface area contributed by atoms with Crippen LogP contribution in [0.5, 0.6) is 0 Å². The van der Waals surface area contributed by atoms with E-state index in [9.17, 15) is 9.90 Å². The Balaban J connectivity index is 1.93. The second kappa shape index (κ2) is 6.44. The molecule has 19 heavy (non-hydrogen) atoms. The van der Waals surface area contributed by atoms with Crippen LogP contribution >= 0.6 is 11.8 Å². The predicted molar refractivity (Wildman–Crippen MR) is 78.3 cm³/mol. The SMILES string of the molecule is Cc1ccccc1SCC(=O)N1CCC(C)C1CO. The lowest BCUT2D eigenvalue weighted by molar-refractivity contribution is -0.130. The Morgan fingerprint density at radius 1 is 1.47 bits per heavy atom. The van der Waals surface area contributed by atoms with Crippen molar-refractivity contribution in [3.8, 4) is 0 Å². The number of carbonyl (C=O) groups is 1. The van der Waals surface area contributed by atoms with Gasteiger partial charge in [0.15, 0.2) is 0 Å². The van der Waals surface area contributed by atoms with Gasteiger partial charge < -0.3 is 10.0 Å². The number of aliphatic hydroxyl groups is 1. The first kappa shape index (κ1) is 14.4. The van der Waals surface area contributed by atoms with Gasteiger partial charge in [0, 0.05) is 11.4 Å². The van der Waals surface area contributed by atoms with E-state index in [2.05, 4.69) is 19.9 Å². The van der Waals surface area contributed by atoms with Gasteiger partial charge in [-0.05, 0) is 30.9 Å². The van der Waals surface area contributed by atoms with Crippen molar-refractivity contribution in [3.05, 3.63) is 29.8 Å². The molecular weight excluding hydrogens is 258 g/mol. The molecule has 4 heteroatoms. The molecule has 0 spiro atoms. The van der Waals surface area contributed by atoms with Crippen molar-refractivity contribution in [1.29, 1.82) is 0 Å². The van der Waals surface area contributed by atoms with E-state index in [4.69, 9.17) is 0 Å². The van der Waals surface area contributed by atoms with Gasteiger partial charge in [0.1, 0.15) is 0 Å². The predicted octanol–water partition coefficient (Wildman–Crippen LogP) is 2.32. The molecule has 1 fully saturated rings. The van der Waals surface area contributed by atoms with Gasteiger partial charge in [0.25, 0.3) is 0 Å². The molecule has 2 atom stereocenters. The highest BCUT2D eigenvalue weighted by Crippen LogP contribution is 2.26. The van der Waals surface area contributed by atoms with Crippen molar-refractivity contribution in [2.24, 2.45) is 5.92 Å². The highest BCUT2D eigenvalue weighted by molar-refractivity contribution is 8.00. The van der Waals surface area contributed by atoms with Gasteiger partial charge in [-0.2, -0.15) is 0 Å². The summed E-state index contributed by atoms with van der Waals surface area (Å²) in [6, 6.07) is 8.11. The van der Waals surface area contributed by atoms with Gasteiger partial charge in [0.2, 0.25) is 5.91 Å². The first-order chi connectivity index (χ1) is 9.13. The Hall–Kier alpha value is -1.00. The van der Waals surface area contributed by atoms with Crippen molar-refractivity contribution in [2.45, 2.75) is 31.2 Å². The van der Waals surface area contributed by atoms with E-state index < -0.39 is 0 Å². The highest BCUT2D eigenvalue weighted by Gasteiger charge is 2.33. The van der Waals surface area contributed by atoms with Crippen LogP contribution in [0.4, 0.5) is 0 Å². The standard InChI is InChI=1S/C15H21NO2S/c1-11-7-8-16(13(11)9-17)15(18)10-19-14-6-4-3-5-12(14)2/h3-6,11,13,17H,7-10H2,1-2H3. The lowest BCUT2D eigenvalue weighted by atomic mass is 10.0. The number of benzene rings is 1. The zero-order chi connectivity index (χ0) is 13.8. The first-order valence-electron chi connectivity index (χ1n) is 6.72. The molecule has 1 aromatic rings. The molecule has 0 aliphatic carbocycles. The van der Waals surface area contributed by atoms with Crippen molar-refractivity contribution in [2.75, 3.05) is 18.9 Å². The van der Waals surface area contributed by atoms with Crippen LogP contribution in [-0.2, 0) is 4.79 Å². The maximum Gasteiger partial charge on any atom is 0.233 e. The molecule has 2 rings (SSSR count). The van der Waals surface area contributed by atoms with E-state index in [1.807, 2.05) is 23.1 Å². The largest absolute Gasteiger partial charge is 0.394 e. The van der Waals surface area contributed by atoms with Crippen molar-refractivity contribution < 1.29 is 9.90 Å². The van der Waals surface area contributed by atoms with Crippen LogP contribution in [-0.4, -0.2) is 40.9 Å². The smallest absolute Gasteiger partial charge is 0.233 e. The van der Waals surface area contributed by atoms with Crippen molar-refractivity contribution in [3.63, 3.8) is 0 Å². The summed E-state index contributed by atoms with van der Waals surface area (Å²) >= 11 is 1.58. The molecule has 0 saturated carbocycles. The fraction of sp³-hybridized carbons (Fsp3) is 0.533. The van der Waals surface area contributed by atoms with Crippen molar-refractivity contribution in [1.82, 2.24) is 4.90 Å². The molecule has 1 amide bonds. The Morgan fingerprint density at radius 3 is 2.89 bits per heavy atom. The third-order valence-corrected chi connectivity index (χ3v) is 5.00. The molecular formula is C15H21NO2S. The van der Waals surface area contributed by atoms with E-state index in [0.717, 1.165) is 17.9 Å². The minimum Gasteiger partial charge on any atom is -0.394 e. The number of thioether (sulfide) groups is 1. The lowest BCUT2D eigenvalue weighted by Crippen LogP contribution is -2.40. The van der Waals surface area contributed by atoms with E-state index in [1.165, 1.54) is 5.56 Å². The number of hydrogen-bond acceptors (Lipinski definition) is 3. The van der Waals surface area contributed by atoms with Crippen LogP contribution in [0.2, 0.25) is 0 Å². The second-order valence-electron chi connectivity index (χ2n) is 5.16. The Kier molecular flexibility index (Phi) is 4.88. The number of likely N-dealkylation sites (tertiary alicyclic amines) is 1. The zero-order valence-electron chi connectivity index (χ0n) is 11.5. The van der Waals surface area contributed by atoms with Gasteiger partial charge in [0.05, 0.1) is 18.4 Å². The summed E-state index contributed by atoms with van der Waals surface area (Å²) in [5, 5.41) is 9.38. The van der Waals surface area contributed by atoms with E-state index in [-0.39, 0.29) is 18.6 Å². The Bertz CT molecular complexity index is 450. The van der Waals surface area contributed by atoms with Gasteiger partial charge >= 0.3 is 0 Å². The maximum atomic E-state index is 12.2. The van der Waals surface area contributed by atoms with Crippen LogP contribution in [0.3, 0.4) is 0 Å². The Morgan fingerprint density at radius 2 is 2.21 bits per heavy atom. The highest BCUT2D eigenvalue weighted by atomic mass is 32.2. The molecule has 104 valence electrons. The van der Waals surface area contributed by atoms with E-state index in [1.54, 1.807) is 11.8 Å². The van der Waals surface area contributed by atoms with Gasteiger partial charge in [-0.15, -0.1) is 11.8 Å². The lowest BCUT2D eigenvalue weighted by Gasteiger charge is -2.25. The molecule has 1 saturated heterocycles. The maximum absolute atomic E-state index is 12.2. The quantitative estimate of drug-likeness (QED) is 0.860. The minimum absolute atomic E-state index is 0.00460. The molecule has 1 aliphatic rings. The molecule has 1 aromatic carbocycles. The topological polar surface area (TPSA) is 40.5 Å². The number of hydrogen-bond donors (Lipinski definition) is 1. The van der Waals surface area contributed by atoms with Crippen LogP contribution in [0, 0.1) is 12.8 Å². The second-order valence-corrected chi connectivity index (χ2v) is 6.17. The molecule has 3 nitrogen and oxygen atoms in total. The first-order valence-corrected chi connectivity index (χ1v) is 7.70. The average molecular weight is 279 g/mol. The number of aryl methyl sites for hydroxylation is 1. The average Bonchev–Trinajstić information content (AvgIpc) is 2.78. The summed E-state index contributed by atoms with van der Waals surface area (Å²) in [5.41, 5.74) is 1.20. The van der Waals surface area contributed by atoms with Crippen LogP contribution in [0.1, 0.15) is 18.9 Å². The molecule has 1 heterocycles. The van der Waals surface area contributed by atoms with Crippen LogP contribution in [0.25, 0.3) is 0 Å². The van der Waals surface area contributed by atoms with E-state index >= 15 is 0 Å². The molecule has 2 unspecified atom stereocenters. The zero-order valence-corrected chi connectivity index (χ0v) is 12.3. The summed E-state index contributed by atoms with van der Waals surface area (Å²) in [5.74, 6) is 0.989. The number of rotatable bonds is 4. The van der Waals surface area contributed by atoms with E-state index in [0.29, 0.717) is 11.7 Å². The summed E-state index contributed by atoms with van der Waals surface area (Å²) in [6.07, 6.45) is 0.992. The van der Waals surface area contributed by atoms with Gasteiger partial charge in [-0.1, -0.05) is 25.1 Å². The summed E-state index contributed by atoms with van der Waals surface area (Å²) in [4.78, 5) is 15.2. The Labute approximate surface area is 119 Å². The monoisotopic (exact) mass is 279 g/mol. The number of carbonyl (C=O) groups excluding carboxylic acids is 1. The summed E-state index contributed by atoms with van der Waals surface area (Å²) in [7, 11) is 0. The number of amides is 1. The van der Waals surface area contributed by atoms with Crippen LogP contribution < -0.4 is 0 Å². The molecule has 1 N–H and O–H groups in total. The fourth-order valence-corrected chi connectivity index (χ4v) is 3.45. The number of nitrogens with zero attached hydrogens (tertiary/aromatic N) is 1. The fourth-order valence-electron chi connectivity index (χ4n) is 2.54. The molecule has 1 aliphatic heterocycles. The molecule has 0 bridgehead atoms. The summed E-state index contributed by atoms with van der Waals surface area (Å²) in [6.45, 7) is 5.01. The van der Waals surface area contributed by atoms with Gasteiger partial charge in [-0.25, -0.2) is 0 Å². The number of aliphatic hydroxyl groups excluding tert-OH is 1. The third kappa shape index (κ3) is 3.31. The van der Waals surface area contributed by atoms with Crippen LogP contribution in [0.15, 0.2) is 29.2 Å². The third-order valence-electron chi connectivity index (χ3n) is 3.83. The molecule has 0 radical (unpaired) electrons. The molecule has 0 aromatic heterocycles. The normalized spacial score (nSPS) is 22.8.